The Morgan fingerprint density at radius 3 is 2.67 bits per heavy atom. The summed E-state index contributed by atoms with van der Waals surface area (Å²) in [5.41, 5.74) is 0.672. The summed E-state index contributed by atoms with van der Waals surface area (Å²) in [5, 5.41) is 5.42. The molecule has 0 saturated carbocycles. The molecule has 40 heavy (non-hydrogen) atoms. The zero-order valence-corrected chi connectivity index (χ0v) is 25.8. The monoisotopic (exact) mass is 643 g/mol. The summed E-state index contributed by atoms with van der Waals surface area (Å²) in [7, 11) is -2.84. The fraction of sp³-hybridized carbons (Fsp3) is 0.519. The molecule has 1 aliphatic rings. The molecule has 2 amide bonds. The molecule has 2 N–H and O–H groups in total. The van der Waals surface area contributed by atoms with Gasteiger partial charge in [0.2, 0.25) is 5.92 Å². The van der Waals surface area contributed by atoms with Gasteiger partial charge in [-0.05, 0) is 73.8 Å². The Morgan fingerprint density at radius 2 is 1.98 bits per heavy atom. The molecule has 1 aromatic carbocycles. The predicted octanol–water partition coefficient (Wildman–Crippen LogP) is 6.01. The Morgan fingerprint density at radius 1 is 1.25 bits per heavy atom. The zero-order chi connectivity index (χ0) is 29.7. The number of alkyl carbamates (subject to hydrolysis) is 1. The number of amides is 2. The molecule has 1 saturated heterocycles. The molecule has 1 fully saturated rings. The number of anilines is 2. The standard InChI is InChI=1S/C27H36BrF2N5O4S/c1-18-21(28)17-32-23(35-14-7-10-27(29,30)11-15-35)22(18)24(36)34-19-8-6-9-20(16-19)40(5,38)33-13-12-31-25(37)39-26(2,3)4/h6,8-9,16-17H,7,10-15H2,1-5H3,(H,31,37)(H,34,36)/t40-/m1/s1. The van der Waals surface area contributed by atoms with E-state index < -0.39 is 33.3 Å². The minimum Gasteiger partial charge on any atom is -0.444 e. The van der Waals surface area contributed by atoms with Crippen LogP contribution in [0.4, 0.5) is 25.1 Å². The van der Waals surface area contributed by atoms with E-state index in [4.69, 9.17) is 4.74 Å². The van der Waals surface area contributed by atoms with Crippen LogP contribution in [0.25, 0.3) is 0 Å². The highest BCUT2D eigenvalue weighted by atomic mass is 79.9. The first-order valence-electron chi connectivity index (χ1n) is 12.9. The smallest absolute Gasteiger partial charge is 0.407 e. The lowest BCUT2D eigenvalue weighted by atomic mass is 10.1. The maximum absolute atomic E-state index is 14.0. The highest BCUT2D eigenvalue weighted by Gasteiger charge is 2.33. The largest absolute Gasteiger partial charge is 0.444 e. The molecule has 220 valence electrons. The second-order valence-corrected chi connectivity index (χ2v) is 13.9. The van der Waals surface area contributed by atoms with E-state index in [1.807, 2.05) is 0 Å². The van der Waals surface area contributed by atoms with Gasteiger partial charge < -0.3 is 20.3 Å². The van der Waals surface area contributed by atoms with Crippen LogP contribution >= 0.6 is 15.9 Å². The fourth-order valence-electron chi connectivity index (χ4n) is 4.12. The van der Waals surface area contributed by atoms with Crippen molar-refractivity contribution in [2.75, 3.05) is 42.7 Å². The number of carbonyl (C=O) groups excluding carboxylic acids is 2. The lowest BCUT2D eigenvalue weighted by Gasteiger charge is -2.25. The van der Waals surface area contributed by atoms with Crippen LogP contribution in [0.2, 0.25) is 0 Å². The van der Waals surface area contributed by atoms with Crippen LogP contribution in [0.1, 0.15) is 56.0 Å². The van der Waals surface area contributed by atoms with Gasteiger partial charge in [-0.2, -0.15) is 0 Å². The number of benzene rings is 1. The summed E-state index contributed by atoms with van der Waals surface area (Å²) < 4.78 is 51.3. The van der Waals surface area contributed by atoms with E-state index >= 15 is 0 Å². The van der Waals surface area contributed by atoms with Crippen molar-refractivity contribution in [2.45, 2.75) is 63.4 Å². The second-order valence-electron chi connectivity index (χ2n) is 10.7. The van der Waals surface area contributed by atoms with E-state index in [0.29, 0.717) is 33.0 Å². The van der Waals surface area contributed by atoms with Crippen LogP contribution in [0.3, 0.4) is 0 Å². The number of ether oxygens (including phenoxy) is 1. The Labute approximate surface area is 242 Å². The normalized spacial score (nSPS) is 16.9. The number of halogens is 3. The van der Waals surface area contributed by atoms with Crippen molar-refractivity contribution < 1.29 is 27.3 Å². The maximum Gasteiger partial charge on any atom is 0.407 e. The van der Waals surface area contributed by atoms with Gasteiger partial charge in [0.1, 0.15) is 11.4 Å². The molecule has 3 rings (SSSR count). The Kier molecular flexibility index (Phi) is 10.2. The molecular formula is C27H36BrF2N5O4S. The number of nitrogens with zero attached hydrogens (tertiary/aromatic N) is 3. The molecule has 9 nitrogen and oxygen atoms in total. The van der Waals surface area contributed by atoms with Crippen LogP contribution in [0.15, 0.2) is 44.2 Å². The second kappa shape index (κ2) is 12.8. The summed E-state index contributed by atoms with van der Waals surface area (Å²) >= 11 is 3.42. The lowest BCUT2D eigenvalue weighted by molar-refractivity contribution is -0.0102. The van der Waals surface area contributed by atoms with E-state index in [2.05, 4.69) is 35.9 Å². The van der Waals surface area contributed by atoms with Crippen molar-refractivity contribution >= 4 is 49.2 Å². The highest BCUT2D eigenvalue weighted by Crippen LogP contribution is 2.33. The van der Waals surface area contributed by atoms with Gasteiger partial charge in [-0.1, -0.05) is 6.07 Å². The SMILES string of the molecule is Cc1c(Br)cnc(N2CCCC(F)(F)CC2)c1C(=O)Nc1cccc([S@@](C)(=O)=NCCNC(=O)OC(C)(C)C)c1. The first kappa shape index (κ1) is 31.7. The minimum absolute atomic E-state index is 0.0824. The maximum atomic E-state index is 14.0. The molecule has 1 aromatic heterocycles. The number of rotatable bonds is 7. The van der Waals surface area contributed by atoms with E-state index in [0.717, 1.165) is 0 Å². The molecule has 13 heteroatoms. The van der Waals surface area contributed by atoms with E-state index in [9.17, 15) is 22.6 Å². The molecule has 0 spiro atoms. The fourth-order valence-corrected chi connectivity index (χ4v) is 5.69. The molecule has 1 aliphatic heterocycles. The van der Waals surface area contributed by atoms with Crippen molar-refractivity contribution in [3.05, 3.63) is 46.1 Å². The van der Waals surface area contributed by atoms with Crippen molar-refractivity contribution in [1.29, 1.82) is 0 Å². The van der Waals surface area contributed by atoms with Gasteiger partial charge in [0.15, 0.2) is 0 Å². The Bertz CT molecular complexity index is 1370. The molecule has 1 atom stereocenters. The highest BCUT2D eigenvalue weighted by molar-refractivity contribution is 9.10. The molecular weight excluding hydrogens is 608 g/mol. The zero-order valence-electron chi connectivity index (χ0n) is 23.4. The number of alkyl halides is 2. The molecule has 2 aromatic rings. The van der Waals surface area contributed by atoms with Crippen molar-refractivity contribution in [3.8, 4) is 0 Å². The summed E-state index contributed by atoms with van der Waals surface area (Å²) in [6.07, 6.45) is 2.24. The van der Waals surface area contributed by atoms with Gasteiger partial charge in [0.05, 0.1) is 21.8 Å². The third-order valence-electron chi connectivity index (χ3n) is 6.15. The average molecular weight is 645 g/mol. The summed E-state index contributed by atoms with van der Waals surface area (Å²) in [5.74, 6) is -2.86. The third-order valence-corrected chi connectivity index (χ3v) is 8.75. The molecule has 0 radical (unpaired) electrons. The van der Waals surface area contributed by atoms with Gasteiger partial charge in [-0.15, -0.1) is 0 Å². The molecule has 2 heterocycles. The third kappa shape index (κ3) is 8.85. The predicted molar refractivity (Wildman–Crippen MR) is 156 cm³/mol. The average Bonchev–Trinajstić information content (AvgIpc) is 3.02. The van der Waals surface area contributed by atoms with E-state index in [-0.39, 0.29) is 44.5 Å². The number of carbonyl (C=O) groups is 2. The first-order valence-corrected chi connectivity index (χ1v) is 15.6. The number of aromatic nitrogens is 1. The molecule has 0 bridgehead atoms. The van der Waals surface area contributed by atoms with Gasteiger partial charge in [0.25, 0.3) is 5.91 Å². The Hall–Kier alpha value is -2.80. The van der Waals surface area contributed by atoms with Gasteiger partial charge in [0, 0.05) is 60.0 Å². The number of pyridine rings is 1. The summed E-state index contributed by atoms with van der Waals surface area (Å²) in [4.78, 5) is 31.9. The summed E-state index contributed by atoms with van der Waals surface area (Å²) in [6.45, 7) is 7.73. The van der Waals surface area contributed by atoms with Gasteiger partial charge >= 0.3 is 6.09 Å². The van der Waals surface area contributed by atoms with Crippen LogP contribution in [0.5, 0.6) is 0 Å². The lowest BCUT2D eigenvalue weighted by Crippen LogP contribution is -2.33. The van der Waals surface area contributed by atoms with Crippen LogP contribution < -0.4 is 15.5 Å². The van der Waals surface area contributed by atoms with E-state index in [1.54, 1.807) is 63.1 Å². The van der Waals surface area contributed by atoms with E-state index in [1.165, 1.54) is 6.26 Å². The molecule has 0 unspecified atom stereocenters. The first-order chi connectivity index (χ1) is 18.6. The van der Waals surface area contributed by atoms with Crippen LogP contribution in [0, 0.1) is 6.92 Å². The summed E-state index contributed by atoms with van der Waals surface area (Å²) in [6, 6.07) is 6.55. The number of hydrogen-bond donors (Lipinski definition) is 2. The Balaban J connectivity index is 1.77. The number of nitrogens with one attached hydrogen (secondary N) is 2. The molecule has 0 aliphatic carbocycles. The van der Waals surface area contributed by atoms with Gasteiger partial charge in [-0.3, -0.25) is 4.79 Å². The topological polar surface area (TPSA) is 113 Å². The van der Waals surface area contributed by atoms with Crippen LogP contribution in [-0.4, -0.2) is 65.2 Å². The number of hydrogen-bond acceptors (Lipinski definition) is 7. The van der Waals surface area contributed by atoms with Crippen molar-refractivity contribution in [1.82, 2.24) is 10.3 Å². The van der Waals surface area contributed by atoms with Crippen LogP contribution in [-0.2, 0) is 14.5 Å². The van der Waals surface area contributed by atoms with Crippen molar-refractivity contribution in [2.24, 2.45) is 4.36 Å². The quantitative estimate of drug-likeness (QED) is 0.357. The van der Waals surface area contributed by atoms with Crippen molar-refractivity contribution in [3.63, 3.8) is 0 Å². The minimum atomic E-state index is -2.84. The van der Waals surface area contributed by atoms with Gasteiger partial charge in [-0.25, -0.2) is 27.1 Å².